The fourth-order valence-corrected chi connectivity index (χ4v) is 4.08. The topological polar surface area (TPSA) is 78.5 Å². The van der Waals surface area contributed by atoms with Crippen molar-refractivity contribution in [2.45, 2.75) is 25.8 Å². The molecule has 0 aliphatic carbocycles. The number of rotatable bonds is 8. The molecule has 0 atom stereocenters. The Balaban J connectivity index is 1.42. The van der Waals surface area contributed by atoms with Crippen molar-refractivity contribution in [1.82, 2.24) is 10.2 Å². The van der Waals surface area contributed by atoms with E-state index in [0.29, 0.717) is 17.8 Å². The van der Waals surface area contributed by atoms with Gasteiger partial charge in [0.15, 0.2) is 0 Å². The van der Waals surface area contributed by atoms with Gasteiger partial charge in [-0.2, -0.15) is 0 Å². The molecule has 1 heterocycles. The molecule has 150 valence electrons. The minimum absolute atomic E-state index is 0.105. The molecule has 0 saturated heterocycles. The van der Waals surface area contributed by atoms with E-state index in [4.69, 9.17) is 0 Å². The van der Waals surface area contributed by atoms with E-state index in [1.54, 1.807) is 24.3 Å². The van der Waals surface area contributed by atoms with Crippen LogP contribution in [0.15, 0.2) is 48.5 Å². The van der Waals surface area contributed by atoms with E-state index in [1.807, 2.05) is 0 Å². The number of benzene rings is 2. The predicted molar refractivity (Wildman–Crippen MR) is 112 cm³/mol. The molecule has 1 aliphatic rings. The predicted octanol–water partition coefficient (Wildman–Crippen LogP) is 2.17. The van der Waals surface area contributed by atoms with Gasteiger partial charge >= 0.3 is 0 Å². The van der Waals surface area contributed by atoms with E-state index >= 15 is 0 Å². The standard InChI is InChI=1S/C21H27N3O3S/c1-28(26,27)23-20-10-5-4-8-18(20)15-21(25)22-12-6-13-24-14-11-17-7-2-3-9-19(17)16-24/h2-5,7-10,23H,6,11-16H2,1H3,(H,22,25). The van der Waals surface area contributed by atoms with Gasteiger partial charge in [-0.05, 0) is 35.6 Å². The van der Waals surface area contributed by atoms with Crippen LogP contribution in [0.1, 0.15) is 23.1 Å². The highest BCUT2D eigenvalue weighted by Gasteiger charge is 2.15. The Hall–Kier alpha value is -2.38. The molecule has 0 spiro atoms. The molecule has 1 aliphatic heterocycles. The number of fused-ring (bicyclic) bond motifs is 1. The molecule has 3 rings (SSSR count). The second-order valence-electron chi connectivity index (χ2n) is 7.21. The maximum Gasteiger partial charge on any atom is 0.229 e. The molecule has 6 nitrogen and oxygen atoms in total. The molecule has 2 aromatic rings. The van der Waals surface area contributed by atoms with Crippen LogP contribution in [0.4, 0.5) is 5.69 Å². The van der Waals surface area contributed by atoms with Crippen molar-refractivity contribution < 1.29 is 13.2 Å². The minimum Gasteiger partial charge on any atom is -0.356 e. The molecule has 0 bridgehead atoms. The number of nitrogens with one attached hydrogen (secondary N) is 2. The Morgan fingerprint density at radius 3 is 2.57 bits per heavy atom. The van der Waals surface area contributed by atoms with E-state index in [0.717, 1.165) is 38.7 Å². The number of amides is 1. The van der Waals surface area contributed by atoms with Crippen LogP contribution in [0, 0.1) is 0 Å². The molecule has 7 heteroatoms. The molecule has 0 radical (unpaired) electrons. The van der Waals surface area contributed by atoms with E-state index in [2.05, 4.69) is 39.2 Å². The summed E-state index contributed by atoms with van der Waals surface area (Å²) in [4.78, 5) is 14.7. The highest BCUT2D eigenvalue weighted by atomic mass is 32.2. The van der Waals surface area contributed by atoms with Gasteiger partial charge in [0.05, 0.1) is 18.4 Å². The second kappa shape index (κ2) is 9.21. The quantitative estimate of drug-likeness (QED) is 0.665. The lowest BCUT2D eigenvalue weighted by Gasteiger charge is -2.28. The second-order valence-corrected chi connectivity index (χ2v) is 8.95. The van der Waals surface area contributed by atoms with Crippen LogP contribution in [-0.4, -0.2) is 45.1 Å². The van der Waals surface area contributed by atoms with E-state index < -0.39 is 10.0 Å². The first-order chi connectivity index (χ1) is 13.4. The lowest BCUT2D eigenvalue weighted by Crippen LogP contribution is -2.34. The molecule has 2 N–H and O–H groups in total. The average molecular weight is 402 g/mol. The van der Waals surface area contributed by atoms with Crippen LogP contribution in [0.25, 0.3) is 0 Å². The average Bonchev–Trinajstić information content (AvgIpc) is 2.65. The van der Waals surface area contributed by atoms with Crippen LogP contribution in [-0.2, 0) is 34.2 Å². The van der Waals surface area contributed by atoms with Crippen molar-refractivity contribution in [3.05, 3.63) is 65.2 Å². The minimum atomic E-state index is -3.38. The highest BCUT2D eigenvalue weighted by molar-refractivity contribution is 7.92. The number of anilines is 1. The molecule has 1 amide bonds. The summed E-state index contributed by atoms with van der Waals surface area (Å²) in [7, 11) is -3.38. The number of nitrogens with zero attached hydrogens (tertiary/aromatic N) is 1. The van der Waals surface area contributed by atoms with Crippen molar-refractivity contribution in [3.63, 3.8) is 0 Å². The molecule has 0 saturated carbocycles. The highest BCUT2D eigenvalue weighted by Crippen LogP contribution is 2.18. The molecule has 0 fully saturated rings. The van der Waals surface area contributed by atoms with Crippen molar-refractivity contribution in [1.29, 1.82) is 0 Å². The van der Waals surface area contributed by atoms with Crippen LogP contribution >= 0.6 is 0 Å². The van der Waals surface area contributed by atoms with Gasteiger partial charge in [-0.25, -0.2) is 8.42 Å². The van der Waals surface area contributed by atoms with Gasteiger partial charge in [-0.1, -0.05) is 42.5 Å². The smallest absolute Gasteiger partial charge is 0.229 e. The van der Waals surface area contributed by atoms with E-state index in [1.165, 1.54) is 11.1 Å². The third kappa shape index (κ3) is 6.07. The molecular formula is C21H27N3O3S. The third-order valence-corrected chi connectivity index (χ3v) is 5.44. The Bertz CT molecular complexity index is 928. The van der Waals surface area contributed by atoms with Crippen molar-refractivity contribution in [2.75, 3.05) is 30.6 Å². The molecule has 0 unspecified atom stereocenters. The Labute approximate surface area is 167 Å². The van der Waals surface area contributed by atoms with E-state index in [9.17, 15) is 13.2 Å². The lowest BCUT2D eigenvalue weighted by molar-refractivity contribution is -0.120. The van der Waals surface area contributed by atoms with Crippen LogP contribution < -0.4 is 10.0 Å². The monoisotopic (exact) mass is 401 g/mol. The van der Waals surface area contributed by atoms with Gasteiger partial charge in [0.25, 0.3) is 0 Å². The Morgan fingerprint density at radius 2 is 1.79 bits per heavy atom. The summed E-state index contributed by atoms with van der Waals surface area (Å²) in [6.07, 6.45) is 3.21. The summed E-state index contributed by atoms with van der Waals surface area (Å²) in [6, 6.07) is 15.5. The summed E-state index contributed by atoms with van der Waals surface area (Å²) in [5.41, 5.74) is 3.95. The lowest BCUT2D eigenvalue weighted by atomic mass is 10.00. The van der Waals surface area contributed by atoms with Crippen LogP contribution in [0.5, 0.6) is 0 Å². The summed E-state index contributed by atoms with van der Waals surface area (Å²) in [6.45, 7) is 3.57. The van der Waals surface area contributed by atoms with Gasteiger partial charge in [0, 0.05) is 26.2 Å². The molecule has 28 heavy (non-hydrogen) atoms. The fourth-order valence-electron chi connectivity index (χ4n) is 3.48. The molecule has 0 aromatic heterocycles. The summed E-state index contributed by atoms with van der Waals surface area (Å²) in [5, 5.41) is 2.94. The maximum atomic E-state index is 12.2. The fraction of sp³-hybridized carbons (Fsp3) is 0.381. The summed E-state index contributed by atoms with van der Waals surface area (Å²) in [5.74, 6) is -0.105. The number of sulfonamides is 1. The first kappa shape index (κ1) is 20.4. The largest absolute Gasteiger partial charge is 0.356 e. The van der Waals surface area contributed by atoms with Gasteiger partial charge in [-0.15, -0.1) is 0 Å². The van der Waals surface area contributed by atoms with Gasteiger partial charge < -0.3 is 5.32 Å². The van der Waals surface area contributed by atoms with Crippen LogP contribution in [0.2, 0.25) is 0 Å². The first-order valence-electron chi connectivity index (χ1n) is 9.52. The summed E-state index contributed by atoms with van der Waals surface area (Å²) < 4.78 is 25.4. The van der Waals surface area contributed by atoms with Crippen molar-refractivity contribution in [3.8, 4) is 0 Å². The molecular weight excluding hydrogens is 374 g/mol. The number of carbonyl (C=O) groups excluding carboxylic acids is 1. The maximum absolute atomic E-state index is 12.2. The zero-order valence-electron chi connectivity index (χ0n) is 16.1. The number of hydrogen-bond acceptors (Lipinski definition) is 4. The zero-order chi connectivity index (χ0) is 20.0. The SMILES string of the molecule is CS(=O)(=O)Nc1ccccc1CC(=O)NCCCN1CCc2ccccc2C1. The number of para-hydroxylation sites is 1. The van der Waals surface area contributed by atoms with Gasteiger partial charge in [0.1, 0.15) is 0 Å². The van der Waals surface area contributed by atoms with Gasteiger partial charge in [-0.3, -0.25) is 14.4 Å². The Kier molecular flexibility index (Phi) is 6.70. The van der Waals surface area contributed by atoms with E-state index in [-0.39, 0.29) is 12.3 Å². The zero-order valence-corrected chi connectivity index (χ0v) is 17.0. The van der Waals surface area contributed by atoms with Crippen molar-refractivity contribution >= 4 is 21.6 Å². The van der Waals surface area contributed by atoms with Crippen molar-refractivity contribution in [2.24, 2.45) is 0 Å². The van der Waals surface area contributed by atoms with Crippen LogP contribution in [0.3, 0.4) is 0 Å². The molecule has 2 aromatic carbocycles. The number of hydrogen-bond donors (Lipinski definition) is 2. The first-order valence-corrected chi connectivity index (χ1v) is 11.4. The van der Waals surface area contributed by atoms with Gasteiger partial charge in [0.2, 0.25) is 15.9 Å². The normalized spacial score (nSPS) is 14.3. The summed E-state index contributed by atoms with van der Waals surface area (Å²) >= 11 is 0. The third-order valence-electron chi connectivity index (χ3n) is 4.85. The number of carbonyl (C=O) groups is 1. The Morgan fingerprint density at radius 1 is 1.07 bits per heavy atom.